The van der Waals surface area contributed by atoms with Crippen LogP contribution >= 0.6 is 0 Å². The Morgan fingerprint density at radius 3 is 2.19 bits per heavy atom. The van der Waals surface area contributed by atoms with E-state index in [9.17, 15) is 9.59 Å². The van der Waals surface area contributed by atoms with Crippen molar-refractivity contribution in [1.82, 2.24) is 4.90 Å². The third kappa shape index (κ3) is 1.70. The molecule has 16 heavy (non-hydrogen) atoms. The third-order valence-corrected chi connectivity index (χ3v) is 2.62. The first kappa shape index (κ1) is 10.4. The summed E-state index contributed by atoms with van der Waals surface area (Å²) in [5.74, 6) is 2.14. The Labute approximate surface area is 94.1 Å². The van der Waals surface area contributed by atoms with Crippen molar-refractivity contribution >= 4 is 11.8 Å². The van der Waals surface area contributed by atoms with E-state index >= 15 is 0 Å². The van der Waals surface area contributed by atoms with Crippen LogP contribution in [0.5, 0.6) is 0 Å². The molecule has 0 bridgehead atoms. The molecule has 3 nitrogen and oxygen atoms in total. The van der Waals surface area contributed by atoms with E-state index in [1.165, 1.54) is 4.90 Å². The fourth-order valence-corrected chi connectivity index (χ4v) is 1.84. The molecule has 2 rings (SSSR count). The van der Waals surface area contributed by atoms with Crippen LogP contribution in [0.2, 0.25) is 0 Å². The SMILES string of the molecule is C#C[C@H](c1ccccc1)N1C(=O)CCC1=O. The number of hydrogen-bond donors (Lipinski definition) is 0. The lowest BCUT2D eigenvalue weighted by molar-refractivity contribution is -0.139. The molecule has 0 radical (unpaired) electrons. The monoisotopic (exact) mass is 213 g/mol. The number of carbonyl (C=O) groups excluding carboxylic acids is 2. The molecule has 0 aromatic heterocycles. The Bertz CT molecular complexity index is 443. The van der Waals surface area contributed by atoms with Gasteiger partial charge >= 0.3 is 0 Å². The van der Waals surface area contributed by atoms with Gasteiger partial charge in [-0.25, -0.2) is 0 Å². The van der Waals surface area contributed by atoms with E-state index in [2.05, 4.69) is 5.92 Å². The molecule has 1 aromatic carbocycles. The first-order valence-electron chi connectivity index (χ1n) is 5.10. The number of nitrogens with zero attached hydrogens (tertiary/aromatic N) is 1. The first-order valence-corrected chi connectivity index (χ1v) is 5.10. The van der Waals surface area contributed by atoms with Gasteiger partial charge in [0.25, 0.3) is 0 Å². The highest BCUT2D eigenvalue weighted by Crippen LogP contribution is 2.25. The van der Waals surface area contributed by atoms with Gasteiger partial charge in [-0.3, -0.25) is 14.5 Å². The lowest BCUT2D eigenvalue weighted by atomic mass is 10.1. The summed E-state index contributed by atoms with van der Waals surface area (Å²) >= 11 is 0. The number of terminal acetylenes is 1. The van der Waals surface area contributed by atoms with Gasteiger partial charge in [0.2, 0.25) is 11.8 Å². The average molecular weight is 213 g/mol. The molecule has 1 aliphatic heterocycles. The smallest absolute Gasteiger partial charge is 0.231 e. The van der Waals surface area contributed by atoms with Crippen LogP contribution in [0.3, 0.4) is 0 Å². The Kier molecular flexibility index (Phi) is 2.74. The molecule has 0 saturated carbocycles. The second-order valence-electron chi connectivity index (χ2n) is 3.64. The van der Waals surface area contributed by atoms with Crippen LogP contribution in [-0.2, 0) is 9.59 Å². The van der Waals surface area contributed by atoms with Crippen LogP contribution in [-0.4, -0.2) is 16.7 Å². The summed E-state index contributed by atoms with van der Waals surface area (Å²) in [6, 6.07) is 8.62. The molecule has 0 N–H and O–H groups in total. The van der Waals surface area contributed by atoms with E-state index in [4.69, 9.17) is 6.42 Å². The van der Waals surface area contributed by atoms with E-state index in [-0.39, 0.29) is 24.7 Å². The zero-order valence-electron chi connectivity index (χ0n) is 8.72. The standard InChI is InChI=1S/C13H11NO2/c1-2-11(10-6-4-3-5-7-10)14-12(15)8-9-13(14)16/h1,3-7,11H,8-9H2/t11-/m1/s1. The van der Waals surface area contributed by atoms with Crippen LogP contribution in [0.1, 0.15) is 24.4 Å². The minimum Gasteiger partial charge on any atom is -0.274 e. The number of hydrogen-bond acceptors (Lipinski definition) is 2. The molecule has 0 spiro atoms. The Morgan fingerprint density at radius 2 is 1.69 bits per heavy atom. The lowest BCUT2D eigenvalue weighted by Gasteiger charge is -2.21. The molecular weight excluding hydrogens is 202 g/mol. The molecule has 0 unspecified atom stereocenters. The van der Waals surface area contributed by atoms with E-state index in [0.29, 0.717) is 0 Å². The van der Waals surface area contributed by atoms with Crippen molar-refractivity contribution in [2.24, 2.45) is 0 Å². The number of imide groups is 1. The van der Waals surface area contributed by atoms with Crippen LogP contribution in [0, 0.1) is 12.3 Å². The minimum atomic E-state index is -0.566. The molecule has 1 aromatic rings. The maximum Gasteiger partial charge on any atom is 0.231 e. The molecule has 1 aliphatic rings. The van der Waals surface area contributed by atoms with Crippen molar-refractivity contribution in [2.75, 3.05) is 0 Å². The van der Waals surface area contributed by atoms with Gasteiger partial charge in [-0.2, -0.15) is 0 Å². The van der Waals surface area contributed by atoms with E-state index in [0.717, 1.165) is 5.56 Å². The number of rotatable bonds is 2. The van der Waals surface area contributed by atoms with E-state index in [1.807, 2.05) is 30.3 Å². The molecule has 2 amide bonds. The maximum atomic E-state index is 11.6. The second-order valence-corrected chi connectivity index (χ2v) is 3.64. The van der Waals surface area contributed by atoms with Gasteiger partial charge < -0.3 is 0 Å². The molecule has 1 saturated heterocycles. The molecule has 0 aliphatic carbocycles. The Morgan fingerprint density at radius 1 is 1.12 bits per heavy atom. The second kappa shape index (κ2) is 4.19. The summed E-state index contributed by atoms with van der Waals surface area (Å²) in [5, 5.41) is 0. The number of carbonyl (C=O) groups is 2. The predicted octanol–water partition coefficient (Wildman–Crippen LogP) is 1.51. The van der Waals surface area contributed by atoms with Gasteiger partial charge in [0.15, 0.2) is 0 Å². The summed E-state index contributed by atoms with van der Waals surface area (Å²) in [4.78, 5) is 24.3. The highest BCUT2D eigenvalue weighted by molar-refractivity contribution is 6.02. The first-order chi connectivity index (χ1) is 7.74. The normalized spacial score (nSPS) is 17.3. The highest BCUT2D eigenvalue weighted by Gasteiger charge is 2.34. The van der Waals surface area contributed by atoms with Crippen molar-refractivity contribution in [3.05, 3.63) is 35.9 Å². The average Bonchev–Trinajstić information content (AvgIpc) is 2.63. The van der Waals surface area contributed by atoms with Gasteiger partial charge in [-0.05, 0) is 5.56 Å². The van der Waals surface area contributed by atoms with Gasteiger partial charge in [0, 0.05) is 12.8 Å². The third-order valence-electron chi connectivity index (χ3n) is 2.62. The van der Waals surface area contributed by atoms with Gasteiger partial charge in [0.1, 0.15) is 6.04 Å². The highest BCUT2D eigenvalue weighted by atomic mass is 16.2. The van der Waals surface area contributed by atoms with Crippen LogP contribution in [0.15, 0.2) is 30.3 Å². The molecular formula is C13H11NO2. The summed E-state index contributed by atoms with van der Waals surface area (Å²) in [6.45, 7) is 0. The van der Waals surface area contributed by atoms with Crippen LogP contribution in [0.4, 0.5) is 0 Å². The summed E-state index contributed by atoms with van der Waals surface area (Å²) < 4.78 is 0. The fraction of sp³-hybridized carbons (Fsp3) is 0.231. The molecule has 1 atom stereocenters. The van der Waals surface area contributed by atoms with Crippen molar-refractivity contribution in [1.29, 1.82) is 0 Å². The maximum absolute atomic E-state index is 11.6. The quantitative estimate of drug-likeness (QED) is 0.551. The zero-order valence-corrected chi connectivity index (χ0v) is 8.72. The topological polar surface area (TPSA) is 37.4 Å². The Balaban J connectivity index is 2.34. The fourth-order valence-electron chi connectivity index (χ4n) is 1.84. The largest absolute Gasteiger partial charge is 0.274 e. The summed E-state index contributed by atoms with van der Waals surface area (Å²) in [5.41, 5.74) is 0.800. The predicted molar refractivity (Wildman–Crippen MR) is 59.1 cm³/mol. The van der Waals surface area contributed by atoms with Crippen molar-refractivity contribution in [2.45, 2.75) is 18.9 Å². The van der Waals surface area contributed by atoms with Gasteiger partial charge in [-0.1, -0.05) is 36.3 Å². The minimum absolute atomic E-state index is 0.184. The van der Waals surface area contributed by atoms with Crippen molar-refractivity contribution in [3.8, 4) is 12.3 Å². The summed E-state index contributed by atoms with van der Waals surface area (Å²) in [6.07, 6.45) is 5.95. The van der Waals surface area contributed by atoms with E-state index < -0.39 is 6.04 Å². The van der Waals surface area contributed by atoms with Gasteiger partial charge in [0.05, 0.1) is 0 Å². The molecule has 1 fully saturated rings. The Hall–Kier alpha value is -2.08. The number of amides is 2. The van der Waals surface area contributed by atoms with Crippen molar-refractivity contribution < 1.29 is 9.59 Å². The molecule has 3 heteroatoms. The van der Waals surface area contributed by atoms with Gasteiger partial charge in [-0.15, -0.1) is 6.42 Å². The zero-order chi connectivity index (χ0) is 11.5. The van der Waals surface area contributed by atoms with Crippen molar-refractivity contribution in [3.63, 3.8) is 0 Å². The summed E-state index contributed by atoms with van der Waals surface area (Å²) in [7, 11) is 0. The molecule has 1 heterocycles. The molecule has 80 valence electrons. The van der Waals surface area contributed by atoms with Crippen LogP contribution in [0.25, 0.3) is 0 Å². The number of likely N-dealkylation sites (tertiary alicyclic amines) is 1. The number of benzene rings is 1. The van der Waals surface area contributed by atoms with E-state index in [1.54, 1.807) is 0 Å². The lowest BCUT2D eigenvalue weighted by Crippen LogP contribution is -2.32. The van der Waals surface area contributed by atoms with Crippen LogP contribution < -0.4 is 0 Å².